The zero-order chi connectivity index (χ0) is 24.3. The molecule has 34 heavy (non-hydrogen) atoms. The number of aromatic nitrogens is 1. The molecule has 0 saturated carbocycles. The van der Waals surface area contributed by atoms with Gasteiger partial charge < -0.3 is 15.2 Å². The second kappa shape index (κ2) is 9.35. The molecule has 1 unspecified atom stereocenters. The number of aryl methyl sites for hydroxylation is 1. The van der Waals surface area contributed by atoms with Crippen molar-refractivity contribution in [1.82, 2.24) is 20.1 Å². The Kier molecular flexibility index (Phi) is 6.32. The number of carbonyl (C=O) groups is 3. The minimum absolute atomic E-state index is 0.0715. The molecule has 174 valence electrons. The molecular formula is C26H26N4O4. The van der Waals surface area contributed by atoms with Gasteiger partial charge in [-0.15, -0.1) is 0 Å². The summed E-state index contributed by atoms with van der Waals surface area (Å²) >= 11 is 0. The third-order valence-electron chi connectivity index (χ3n) is 5.97. The summed E-state index contributed by atoms with van der Waals surface area (Å²) < 4.78 is 1.61. The van der Waals surface area contributed by atoms with Crippen LogP contribution in [0.25, 0.3) is 0 Å². The summed E-state index contributed by atoms with van der Waals surface area (Å²) in [5.41, 5.74) is 2.25. The Bertz CT molecular complexity index is 1280. The van der Waals surface area contributed by atoms with Gasteiger partial charge in [0.25, 0.3) is 11.5 Å². The summed E-state index contributed by atoms with van der Waals surface area (Å²) in [6.45, 7) is 3.93. The standard InChI is InChI=1S/C26H26N4O4/c1-18-6-12-21(13-7-18)26(2)24(33)30(25(34)28-26)17-22(31)27-15-19-8-10-20(11-9-19)16-29-14-4-3-5-23(29)32/h3-14H,15-17H2,1-2H3,(H,27,31)(H,28,34). The van der Waals surface area contributed by atoms with Crippen LogP contribution >= 0.6 is 0 Å². The van der Waals surface area contributed by atoms with E-state index in [1.54, 1.807) is 42.0 Å². The second-order valence-corrected chi connectivity index (χ2v) is 8.57. The topological polar surface area (TPSA) is 101 Å². The lowest BCUT2D eigenvalue weighted by Gasteiger charge is -2.22. The van der Waals surface area contributed by atoms with Crippen LogP contribution in [0.4, 0.5) is 4.79 Å². The van der Waals surface area contributed by atoms with E-state index in [-0.39, 0.29) is 18.6 Å². The van der Waals surface area contributed by atoms with Gasteiger partial charge in [0.2, 0.25) is 5.91 Å². The Labute approximate surface area is 197 Å². The first-order valence-corrected chi connectivity index (χ1v) is 11.0. The Morgan fingerprint density at radius 2 is 1.62 bits per heavy atom. The van der Waals surface area contributed by atoms with Gasteiger partial charge in [-0.25, -0.2) is 4.79 Å². The maximum Gasteiger partial charge on any atom is 0.325 e. The van der Waals surface area contributed by atoms with E-state index in [1.165, 1.54) is 6.07 Å². The highest BCUT2D eigenvalue weighted by atomic mass is 16.2. The quantitative estimate of drug-likeness (QED) is 0.531. The molecule has 4 amide bonds. The third kappa shape index (κ3) is 4.76. The van der Waals surface area contributed by atoms with E-state index in [4.69, 9.17) is 0 Å². The first-order chi connectivity index (χ1) is 16.3. The monoisotopic (exact) mass is 458 g/mol. The molecule has 1 saturated heterocycles. The largest absolute Gasteiger partial charge is 0.350 e. The molecule has 1 fully saturated rings. The van der Waals surface area contributed by atoms with E-state index >= 15 is 0 Å². The Balaban J connectivity index is 1.33. The number of nitrogens with one attached hydrogen (secondary N) is 2. The predicted molar refractivity (Wildman–Crippen MR) is 127 cm³/mol. The number of hydrogen-bond acceptors (Lipinski definition) is 4. The first kappa shape index (κ1) is 23.0. The Morgan fingerprint density at radius 3 is 2.29 bits per heavy atom. The summed E-state index contributed by atoms with van der Waals surface area (Å²) in [5, 5.41) is 5.46. The molecule has 8 heteroatoms. The van der Waals surface area contributed by atoms with Gasteiger partial charge in [-0.1, -0.05) is 60.2 Å². The van der Waals surface area contributed by atoms with Gasteiger partial charge in [-0.05, 0) is 36.6 Å². The number of carbonyl (C=O) groups excluding carboxylic acids is 3. The fraction of sp³-hybridized carbons (Fsp3) is 0.231. The van der Waals surface area contributed by atoms with Gasteiger partial charge in [0, 0.05) is 18.8 Å². The number of pyridine rings is 1. The van der Waals surface area contributed by atoms with E-state index in [0.717, 1.165) is 21.6 Å². The number of amides is 4. The summed E-state index contributed by atoms with van der Waals surface area (Å²) in [4.78, 5) is 50.7. The summed E-state index contributed by atoms with van der Waals surface area (Å²) in [5.74, 6) is -0.895. The highest BCUT2D eigenvalue weighted by Crippen LogP contribution is 2.28. The van der Waals surface area contributed by atoms with Gasteiger partial charge in [0.15, 0.2) is 0 Å². The van der Waals surface area contributed by atoms with Crippen molar-refractivity contribution in [3.63, 3.8) is 0 Å². The van der Waals surface area contributed by atoms with Crippen molar-refractivity contribution in [2.24, 2.45) is 0 Å². The lowest BCUT2D eigenvalue weighted by molar-refractivity contribution is -0.134. The predicted octanol–water partition coefficient (Wildman–Crippen LogP) is 2.29. The number of nitrogens with zero attached hydrogens (tertiary/aromatic N) is 2. The molecule has 0 bridgehead atoms. The second-order valence-electron chi connectivity index (χ2n) is 8.57. The van der Waals surface area contributed by atoms with Crippen LogP contribution in [0, 0.1) is 6.92 Å². The van der Waals surface area contributed by atoms with Crippen molar-refractivity contribution in [2.45, 2.75) is 32.5 Å². The van der Waals surface area contributed by atoms with Crippen LogP contribution in [0.2, 0.25) is 0 Å². The first-order valence-electron chi connectivity index (χ1n) is 11.0. The van der Waals surface area contributed by atoms with Gasteiger partial charge >= 0.3 is 6.03 Å². The average Bonchev–Trinajstić information content (AvgIpc) is 3.04. The van der Waals surface area contributed by atoms with E-state index in [9.17, 15) is 19.2 Å². The Morgan fingerprint density at radius 1 is 0.941 bits per heavy atom. The summed E-state index contributed by atoms with van der Waals surface area (Å²) in [6, 6.07) is 19.3. The van der Waals surface area contributed by atoms with Gasteiger partial charge in [-0.2, -0.15) is 0 Å². The Hall–Kier alpha value is -4.20. The number of rotatable bonds is 7. The van der Waals surface area contributed by atoms with E-state index in [2.05, 4.69) is 10.6 Å². The van der Waals surface area contributed by atoms with Crippen molar-refractivity contribution in [3.05, 3.63) is 106 Å². The fourth-order valence-electron chi connectivity index (χ4n) is 3.87. The molecule has 8 nitrogen and oxygen atoms in total. The van der Waals surface area contributed by atoms with Crippen LogP contribution in [-0.4, -0.2) is 33.9 Å². The van der Waals surface area contributed by atoms with Crippen molar-refractivity contribution < 1.29 is 14.4 Å². The van der Waals surface area contributed by atoms with Gasteiger partial charge in [0.05, 0.1) is 6.54 Å². The van der Waals surface area contributed by atoms with Crippen molar-refractivity contribution in [3.8, 4) is 0 Å². The summed E-state index contributed by atoms with van der Waals surface area (Å²) in [6.07, 6.45) is 1.73. The molecule has 2 aromatic carbocycles. The maximum absolute atomic E-state index is 13.0. The molecule has 3 aromatic rings. The minimum Gasteiger partial charge on any atom is -0.350 e. The zero-order valence-electron chi connectivity index (χ0n) is 19.1. The molecule has 2 heterocycles. The minimum atomic E-state index is -1.21. The number of benzene rings is 2. The molecular weight excluding hydrogens is 432 g/mol. The van der Waals surface area contributed by atoms with Crippen LogP contribution < -0.4 is 16.2 Å². The molecule has 1 aliphatic heterocycles. The molecule has 0 aliphatic carbocycles. The molecule has 1 aliphatic rings. The summed E-state index contributed by atoms with van der Waals surface area (Å²) in [7, 11) is 0. The van der Waals surface area contributed by atoms with Crippen molar-refractivity contribution >= 4 is 17.8 Å². The highest BCUT2D eigenvalue weighted by molar-refractivity contribution is 6.09. The molecule has 4 rings (SSSR count). The molecule has 0 radical (unpaired) electrons. The lowest BCUT2D eigenvalue weighted by atomic mass is 9.91. The number of urea groups is 1. The number of hydrogen-bond donors (Lipinski definition) is 2. The SMILES string of the molecule is Cc1ccc(C2(C)NC(=O)N(CC(=O)NCc3ccc(Cn4ccccc4=O)cc3)C2=O)cc1. The van der Waals surface area contributed by atoms with Gasteiger partial charge in [-0.3, -0.25) is 19.3 Å². The van der Waals surface area contributed by atoms with Crippen LogP contribution in [0.1, 0.15) is 29.2 Å². The molecule has 1 atom stereocenters. The third-order valence-corrected chi connectivity index (χ3v) is 5.97. The van der Waals surface area contributed by atoms with Crippen LogP contribution in [0.5, 0.6) is 0 Å². The van der Waals surface area contributed by atoms with Crippen LogP contribution in [0.3, 0.4) is 0 Å². The van der Waals surface area contributed by atoms with Crippen LogP contribution in [0.15, 0.2) is 77.7 Å². The number of imide groups is 1. The van der Waals surface area contributed by atoms with Crippen molar-refractivity contribution in [2.75, 3.05) is 6.54 Å². The normalized spacial score (nSPS) is 17.5. The van der Waals surface area contributed by atoms with E-state index in [1.807, 2.05) is 43.3 Å². The van der Waals surface area contributed by atoms with Gasteiger partial charge in [0.1, 0.15) is 12.1 Å². The van der Waals surface area contributed by atoms with E-state index < -0.39 is 23.4 Å². The fourth-order valence-corrected chi connectivity index (χ4v) is 3.87. The average molecular weight is 459 g/mol. The molecule has 2 N–H and O–H groups in total. The molecule has 1 aromatic heterocycles. The van der Waals surface area contributed by atoms with Crippen LogP contribution in [-0.2, 0) is 28.2 Å². The molecule has 0 spiro atoms. The van der Waals surface area contributed by atoms with E-state index in [0.29, 0.717) is 12.1 Å². The lowest BCUT2D eigenvalue weighted by Crippen LogP contribution is -2.43. The zero-order valence-corrected chi connectivity index (χ0v) is 19.1. The maximum atomic E-state index is 13.0. The smallest absolute Gasteiger partial charge is 0.325 e. The van der Waals surface area contributed by atoms with Crippen molar-refractivity contribution in [1.29, 1.82) is 0 Å². The highest BCUT2D eigenvalue weighted by Gasteiger charge is 2.49.